The van der Waals surface area contributed by atoms with Crippen LogP contribution in [-0.4, -0.2) is 23.9 Å². The van der Waals surface area contributed by atoms with Crippen LogP contribution in [0.1, 0.15) is 10.5 Å². The molecular formula is C16H10Cl3N3O3S. The molecule has 0 atom stereocenters. The summed E-state index contributed by atoms with van der Waals surface area (Å²) < 4.78 is 28.0. The summed E-state index contributed by atoms with van der Waals surface area (Å²) in [7, 11) is -4.14. The first kappa shape index (κ1) is 18.7. The Morgan fingerprint density at radius 1 is 1.00 bits per heavy atom. The van der Waals surface area contributed by atoms with Crippen LogP contribution in [0.5, 0.6) is 0 Å². The molecule has 0 aliphatic heterocycles. The van der Waals surface area contributed by atoms with Crippen molar-refractivity contribution in [1.82, 2.24) is 14.3 Å². The van der Waals surface area contributed by atoms with Crippen molar-refractivity contribution in [3.8, 4) is 5.69 Å². The molecule has 1 aromatic heterocycles. The third kappa shape index (κ3) is 3.71. The number of carbonyl (C=O) groups excluding carboxylic acids is 1. The number of amides is 1. The van der Waals surface area contributed by atoms with Gasteiger partial charge in [0.1, 0.15) is 16.9 Å². The van der Waals surface area contributed by atoms with Crippen molar-refractivity contribution >= 4 is 50.7 Å². The van der Waals surface area contributed by atoms with Crippen LogP contribution >= 0.6 is 34.8 Å². The topological polar surface area (TPSA) is 81.1 Å². The van der Waals surface area contributed by atoms with Gasteiger partial charge in [0.15, 0.2) is 0 Å². The minimum Gasteiger partial charge on any atom is -0.304 e. The lowest BCUT2D eigenvalue weighted by molar-refractivity contribution is 0.0977. The molecule has 0 unspecified atom stereocenters. The second-order valence-corrected chi connectivity index (χ2v) is 7.95. The van der Waals surface area contributed by atoms with E-state index in [9.17, 15) is 13.2 Å². The van der Waals surface area contributed by atoms with Gasteiger partial charge >= 0.3 is 0 Å². The normalized spacial score (nSPS) is 11.3. The summed E-state index contributed by atoms with van der Waals surface area (Å²) in [6.07, 6.45) is 2.67. The lowest BCUT2D eigenvalue weighted by atomic mass is 10.3. The zero-order valence-corrected chi connectivity index (χ0v) is 15.9. The van der Waals surface area contributed by atoms with E-state index in [1.54, 1.807) is 24.3 Å². The van der Waals surface area contributed by atoms with Crippen LogP contribution in [0.15, 0.2) is 59.9 Å². The number of nitrogens with one attached hydrogen (secondary N) is 1. The van der Waals surface area contributed by atoms with Crippen LogP contribution in [0.4, 0.5) is 0 Å². The van der Waals surface area contributed by atoms with Gasteiger partial charge in [-0.3, -0.25) is 4.79 Å². The minimum atomic E-state index is -4.14. The van der Waals surface area contributed by atoms with E-state index in [-0.39, 0.29) is 20.6 Å². The van der Waals surface area contributed by atoms with Crippen molar-refractivity contribution in [2.75, 3.05) is 0 Å². The fraction of sp³-hybridized carbons (Fsp3) is 0. The van der Waals surface area contributed by atoms with E-state index in [0.29, 0.717) is 10.7 Å². The van der Waals surface area contributed by atoms with Crippen molar-refractivity contribution < 1.29 is 13.2 Å². The number of hydrogen-bond acceptors (Lipinski definition) is 4. The first-order valence-electron chi connectivity index (χ1n) is 7.09. The summed E-state index contributed by atoms with van der Waals surface area (Å²) in [5.74, 6) is -0.901. The van der Waals surface area contributed by atoms with E-state index >= 15 is 0 Å². The molecule has 3 aromatic rings. The molecule has 10 heteroatoms. The Morgan fingerprint density at radius 3 is 2.42 bits per heavy atom. The summed E-state index contributed by atoms with van der Waals surface area (Å²) in [6.45, 7) is 0. The lowest BCUT2D eigenvalue weighted by Crippen LogP contribution is -2.31. The number of nitrogens with zero attached hydrogens (tertiary/aromatic N) is 2. The number of benzene rings is 2. The monoisotopic (exact) mass is 429 g/mol. The SMILES string of the molecule is O=C(NS(=O)(=O)c1ccccc1Cl)c1cn(-c2cccc(Cl)c2Cl)cn1. The van der Waals surface area contributed by atoms with Gasteiger partial charge in [-0.05, 0) is 24.3 Å². The maximum Gasteiger partial charge on any atom is 0.285 e. The lowest BCUT2D eigenvalue weighted by Gasteiger charge is -2.07. The molecule has 26 heavy (non-hydrogen) atoms. The van der Waals surface area contributed by atoms with E-state index < -0.39 is 15.9 Å². The molecule has 0 aliphatic rings. The van der Waals surface area contributed by atoms with Crippen molar-refractivity contribution in [2.45, 2.75) is 4.90 Å². The third-order valence-electron chi connectivity index (χ3n) is 3.38. The molecule has 1 amide bonds. The molecule has 0 saturated carbocycles. The predicted molar refractivity (Wildman–Crippen MR) is 99.7 cm³/mol. The summed E-state index contributed by atoms with van der Waals surface area (Å²) in [4.78, 5) is 16.0. The van der Waals surface area contributed by atoms with Crippen LogP contribution in [0, 0.1) is 0 Å². The van der Waals surface area contributed by atoms with Crippen molar-refractivity contribution in [2.24, 2.45) is 0 Å². The van der Waals surface area contributed by atoms with Gasteiger partial charge in [-0.15, -0.1) is 0 Å². The average molecular weight is 431 g/mol. The zero-order valence-electron chi connectivity index (χ0n) is 12.9. The number of halogens is 3. The average Bonchev–Trinajstić information content (AvgIpc) is 3.07. The molecule has 0 bridgehead atoms. The number of imidazole rings is 1. The van der Waals surface area contributed by atoms with Crippen LogP contribution in [0.2, 0.25) is 15.1 Å². The number of hydrogen-bond donors (Lipinski definition) is 1. The number of rotatable bonds is 4. The van der Waals surface area contributed by atoms with Crippen LogP contribution in [0.3, 0.4) is 0 Å². The second kappa shape index (κ2) is 7.28. The second-order valence-electron chi connectivity index (χ2n) is 5.10. The molecule has 2 aromatic carbocycles. The van der Waals surface area contributed by atoms with E-state index in [1.165, 1.54) is 35.3 Å². The fourth-order valence-electron chi connectivity index (χ4n) is 2.16. The summed E-state index contributed by atoms with van der Waals surface area (Å²) in [6, 6.07) is 10.8. The molecule has 0 spiro atoms. The van der Waals surface area contributed by atoms with Gasteiger partial charge in [-0.2, -0.15) is 0 Å². The highest BCUT2D eigenvalue weighted by Crippen LogP contribution is 2.28. The highest BCUT2D eigenvalue weighted by atomic mass is 35.5. The predicted octanol–water partition coefficient (Wildman–Crippen LogP) is 3.95. The molecule has 0 aliphatic carbocycles. The molecule has 0 saturated heterocycles. The Kier molecular flexibility index (Phi) is 5.24. The standard InChI is InChI=1S/C16H10Cl3N3O3S/c17-10-4-1-2-7-14(10)26(24,25)21-16(23)12-8-22(9-20-12)13-6-3-5-11(18)15(13)19/h1-9H,(H,21,23). The molecule has 0 fully saturated rings. The Bertz CT molecular complexity index is 1100. The Balaban J connectivity index is 1.87. The molecule has 1 N–H and O–H groups in total. The Labute approximate surface area is 164 Å². The van der Waals surface area contributed by atoms with Gasteiger partial charge in [-0.25, -0.2) is 18.1 Å². The highest BCUT2D eigenvalue weighted by molar-refractivity contribution is 7.90. The molecule has 134 valence electrons. The van der Waals surface area contributed by atoms with Gasteiger partial charge in [0.25, 0.3) is 15.9 Å². The van der Waals surface area contributed by atoms with Crippen molar-refractivity contribution in [3.63, 3.8) is 0 Å². The Hall–Kier alpha value is -2.06. The number of carbonyl (C=O) groups is 1. The van der Waals surface area contributed by atoms with Gasteiger partial charge in [0.05, 0.1) is 20.8 Å². The third-order valence-corrected chi connectivity index (χ3v) is 6.02. The fourth-order valence-corrected chi connectivity index (χ4v) is 4.03. The van der Waals surface area contributed by atoms with Gasteiger partial charge in [0, 0.05) is 6.20 Å². The first-order valence-corrected chi connectivity index (χ1v) is 9.71. The van der Waals surface area contributed by atoms with Gasteiger partial charge < -0.3 is 4.57 Å². The van der Waals surface area contributed by atoms with Crippen LogP contribution < -0.4 is 4.72 Å². The maximum absolute atomic E-state index is 12.3. The smallest absolute Gasteiger partial charge is 0.285 e. The van der Waals surface area contributed by atoms with Crippen LogP contribution in [-0.2, 0) is 10.0 Å². The van der Waals surface area contributed by atoms with Crippen molar-refractivity contribution in [1.29, 1.82) is 0 Å². The summed E-state index contributed by atoms with van der Waals surface area (Å²) >= 11 is 18.0. The first-order chi connectivity index (χ1) is 12.3. The quantitative estimate of drug-likeness (QED) is 0.679. The molecular weight excluding hydrogens is 421 g/mol. The highest BCUT2D eigenvalue weighted by Gasteiger charge is 2.22. The van der Waals surface area contributed by atoms with Gasteiger partial charge in [-0.1, -0.05) is 53.0 Å². The van der Waals surface area contributed by atoms with Gasteiger partial charge in [0.2, 0.25) is 0 Å². The molecule has 1 heterocycles. The van der Waals surface area contributed by atoms with Crippen molar-refractivity contribution in [3.05, 3.63) is 75.8 Å². The van der Waals surface area contributed by atoms with Crippen LogP contribution in [0.25, 0.3) is 5.69 Å². The molecule has 3 rings (SSSR count). The van der Waals surface area contributed by atoms with E-state index in [2.05, 4.69) is 4.98 Å². The molecule has 0 radical (unpaired) electrons. The molecule has 6 nitrogen and oxygen atoms in total. The summed E-state index contributed by atoms with van der Waals surface area (Å²) in [5, 5.41) is 0.622. The summed E-state index contributed by atoms with van der Waals surface area (Å²) in [5.41, 5.74) is 0.386. The number of sulfonamides is 1. The van der Waals surface area contributed by atoms with E-state index in [1.807, 2.05) is 4.72 Å². The number of aromatic nitrogens is 2. The Morgan fingerprint density at radius 2 is 1.69 bits per heavy atom. The van der Waals surface area contributed by atoms with E-state index in [0.717, 1.165) is 0 Å². The van der Waals surface area contributed by atoms with E-state index in [4.69, 9.17) is 34.8 Å². The minimum absolute atomic E-state index is 0.00374. The zero-order chi connectivity index (χ0) is 18.9. The largest absolute Gasteiger partial charge is 0.304 e. The maximum atomic E-state index is 12.3.